The highest BCUT2D eigenvalue weighted by atomic mass is 35.5. The van der Waals surface area contributed by atoms with Gasteiger partial charge in [0.05, 0.1) is 0 Å². The number of rotatable bonds is 17. The maximum absolute atomic E-state index is 6.03. The van der Waals surface area contributed by atoms with Crippen molar-refractivity contribution in [2.75, 3.05) is 23.7 Å². The maximum Gasteiger partial charge on any atom is 0.132 e. The van der Waals surface area contributed by atoms with Crippen LogP contribution in [0.2, 0.25) is 10.0 Å². The summed E-state index contributed by atoms with van der Waals surface area (Å²) in [5, 5.41) is 20.1. The van der Waals surface area contributed by atoms with Crippen molar-refractivity contribution in [3.8, 4) is 0 Å². The molecule has 2 aromatic rings. The van der Waals surface area contributed by atoms with Crippen molar-refractivity contribution in [3.63, 3.8) is 0 Å². The molecule has 0 saturated heterocycles. The second kappa shape index (κ2) is 16.1. The van der Waals surface area contributed by atoms with Crippen molar-refractivity contribution in [1.82, 2.24) is 21.3 Å². The van der Waals surface area contributed by atoms with Crippen LogP contribution in [0.4, 0.5) is 11.4 Å². The molecule has 190 valence electrons. The third-order valence-corrected chi connectivity index (χ3v) is 5.39. The van der Waals surface area contributed by atoms with Crippen LogP contribution in [0.5, 0.6) is 0 Å². The van der Waals surface area contributed by atoms with E-state index in [1.165, 1.54) is 0 Å². The van der Waals surface area contributed by atoms with Crippen LogP contribution >= 0.6 is 23.2 Å². The SMILES string of the molecule is NC(NCCCCCCNC(N)NC(N)Nc1ccc(Cl)cc1)NC(N)Nc1ccc(Cl)cc1. The smallest absolute Gasteiger partial charge is 0.132 e. The molecule has 4 atom stereocenters. The van der Waals surface area contributed by atoms with Crippen molar-refractivity contribution in [2.45, 2.75) is 50.8 Å². The van der Waals surface area contributed by atoms with Gasteiger partial charge in [-0.1, -0.05) is 36.0 Å². The molecule has 0 spiro atoms. The van der Waals surface area contributed by atoms with Gasteiger partial charge in [-0.15, -0.1) is 0 Å². The zero-order valence-corrected chi connectivity index (χ0v) is 20.7. The molecule has 2 rings (SSSR count). The number of benzene rings is 2. The summed E-state index contributed by atoms with van der Waals surface area (Å²) in [6.07, 6.45) is 2.39. The average molecular weight is 514 g/mol. The molecule has 34 heavy (non-hydrogen) atoms. The Kier molecular flexibility index (Phi) is 13.5. The first-order chi connectivity index (χ1) is 16.3. The molecule has 0 fully saturated rings. The maximum atomic E-state index is 6.03. The first kappa shape index (κ1) is 28.5. The predicted molar refractivity (Wildman–Crippen MR) is 143 cm³/mol. The van der Waals surface area contributed by atoms with E-state index in [2.05, 4.69) is 31.9 Å². The minimum Gasteiger partial charge on any atom is -0.358 e. The van der Waals surface area contributed by atoms with Gasteiger partial charge in [0.15, 0.2) is 0 Å². The molecule has 0 amide bonds. The largest absolute Gasteiger partial charge is 0.358 e. The topological polar surface area (TPSA) is 176 Å². The van der Waals surface area contributed by atoms with Gasteiger partial charge in [-0.2, -0.15) is 0 Å². The number of nitrogens with two attached hydrogens (primary N) is 4. The van der Waals surface area contributed by atoms with Crippen molar-refractivity contribution >= 4 is 34.6 Å². The lowest BCUT2D eigenvalue weighted by Crippen LogP contribution is -2.58. The predicted octanol–water partition coefficient (Wildman–Crippen LogP) is 1.41. The first-order valence-electron chi connectivity index (χ1n) is 11.4. The number of hydrogen-bond donors (Lipinski definition) is 10. The number of halogens is 2. The molecule has 4 unspecified atom stereocenters. The molecule has 0 saturated carbocycles. The van der Waals surface area contributed by atoms with Crippen molar-refractivity contribution in [3.05, 3.63) is 58.6 Å². The summed E-state index contributed by atoms with van der Waals surface area (Å²) in [6, 6.07) is 14.6. The highest BCUT2D eigenvalue weighted by Crippen LogP contribution is 2.14. The molecule has 2 aromatic carbocycles. The van der Waals surface area contributed by atoms with E-state index in [0.717, 1.165) is 50.1 Å². The van der Waals surface area contributed by atoms with E-state index in [9.17, 15) is 0 Å². The number of hydrogen-bond acceptors (Lipinski definition) is 10. The van der Waals surface area contributed by atoms with Gasteiger partial charge < -0.3 is 22.1 Å². The number of nitrogens with one attached hydrogen (secondary N) is 6. The Labute approximate surface area is 211 Å². The Balaban J connectivity index is 1.44. The van der Waals surface area contributed by atoms with E-state index >= 15 is 0 Å². The fourth-order valence-corrected chi connectivity index (χ4v) is 3.41. The van der Waals surface area contributed by atoms with Crippen molar-refractivity contribution in [1.29, 1.82) is 0 Å². The van der Waals surface area contributed by atoms with Crippen LogP contribution in [-0.2, 0) is 0 Å². The minimum absolute atomic E-state index is 0.411. The number of unbranched alkanes of at least 4 members (excludes halogenated alkanes) is 3. The van der Waals surface area contributed by atoms with Crippen LogP contribution in [0.25, 0.3) is 0 Å². The van der Waals surface area contributed by atoms with E-state index in [0.29, 0.717) is 10.0 Å². The molecule has 0 radical (unpaired) electrons. The summed E-state index contributed by atoms with van der Waals surface area (Å²) < 4.78 is 0. The molecule has 0 aliphatic rings. The Morgan fingerprint density at radius 3 is 1.24 bits per heavy atom. The van der Waals surface area contributed by atoms with Crippen LogP contribution in [0.15, 0.2) is 48.5 Å². The molecule has 0 bridgehead atoms. The van der Waals surface area contributed by atoms with Crippen LogP contribution in [0.3, 0.4) is 0 Å². The third-order valence-electron chi connectivity index (χ3n) is 4.88. The van der Waals surface area contributed by atoms with E-state index in [1.807, 2.05) is 24.3 Å². The second-order valence-electron chi connectivity index (χ2n) is 7.87. The van der Waals surface area contributed by atoms with Gasteiger partial charge in [0.2, 0.25) is 0 Å². The Bertz CT molecular complexity index is 726. The summed E-state index contributed by atoms with van der Waals surface area (Å²) in [6.45, 7) is 1.59. The zero-order valence-electron chi connectivity index (χ0n) is 19.2. The lowest BCUT2D eigenvalue weighted by molar-refractivity contribution is 0.385. The molecule has 12 heteroatoms. The van der Waals surface area contributed by atoms with Gasteiger partial charge in [-0.05, 0) is 74.5 Å². The molecular formula is C22H38Cl2N10. The van der Waals surface area contributed by atoms with Gasteiger partial charge in [0.25, 0.3) is 0 Å². The summed E-state index contributed by atoms with van der Waals surface area (Å²) >= 11 is 11.8. The normalized spacial score (nSPS) is 14.9. The minimum atomic E-state index is -0.484. The van der Waals surface area contributed by atoms with Gasteiger partial charge in [-0.3, -0.25) is 32.7 Å². The average Bonchev–Trinajstić information content (AvgIpc) is 2.78. The highest BCUT2D eigenvalue weighted by molar-refractivity contribution is 6.30. The van der Waals surface area contributed by atoms with Crippen molar-refractivity contribution < 1.29 is 0 Å². The number of anilines is 2. The van der Waals surface area contributed by atoms with E-state index < -0.39 is 25.2 Å². The van der Waals surface area contributed by atoms with Crippen LogP contribution in [-0.4, -0.2) is 38.2 Å². The van der Waals surface area contributed by atoms with Crippen LogP contribution < -0.4 is 54.8 Å². The summed E-state index contributed by atoms with van der Waals surface area (Å²) in [7, 11) is 0. The lowest BCUT2D eigenvalue weighted by Gasteiger charge is -2.23. The molecule has 0 aliphatic carbocycles. The van der Waals surface area contributed by atoms with Gasteiger partial charge >= 0.3 is 0 Å². The van der Waals surface area contributed by atoms with Gasteiger partial charge in [-0.25, -0.2) is 0 Å². The van der Waals surface area contributed by atoms with Gasteiger partial charge in [0.1, 0.15) is 25.2 Å². The third kappa shape index (κ3) is 12.7. The van der Waals surface area contributed by atoms with E-state index in [1.54, 1.807) is 24.3 Å². The molecule has 10 nitrogen and oxygen atoms in total. The van der Waals surface area contributed by atoms with Crippen LogP contribution in [0.1, 0.15) is 25.7 Å². The molecule has 14 N–H and O–H groups in total. The van der Waals surface area contributed by atoms with E-state index in [-0.39, 0.29) is 0 Å². The summed E-state index contributed by atoms with van der Waals surface area (Å²) in [5.74, 6) is 0. The highest BCUT2D eigenvalue weighted by Gasteiger charge is 2.08. The zero-order chi connectivity index (χ0) is 24.8. The molecule has 0 aromatic heterocycles. The van der Waals surface area contributed by atoms with Gasteiger partial charge in [0, 0.05) is 21.4 Å². The van der Waals surface area contributed by atoms with Crippen LogP contribution in [0, 0.1) is 0 Å². The summed E-state index contributed by atoms with van der Waals surface area (Å²) in [5.41, 5.74) is 25.8. The second-order valence-corrected chi connectivity index (χ2v) is 8.74. The Morgan fingerprint density at radius 2 is 0.882 bits per heavy atom. The lowest BCUT2D eigenvalue weighted by atomic mass is 10.2. The Morgan fingerprint density at radius 1 is 0.529 bits per heavy atom. The Hall–Kier alpha value is -1.70. The van der Waals surface area contributed by atoms with E-state index in [4.69, 9.17) is 46.1 Å². The molecule has 0 heterocycles. The standard InChI is InChI=1S/C22H38Cl2N10/c23-15-5-9-17(10-6-15)31-21(27)33-19(25)29-13-3-1-2-4-14-30-20(26)34-22(28)32-18-11-7-16(24)8-12-18/h5-12,19-22,29-34H,1-4,13-14,25-28H2. The monoisotopic (exact) mass is 512 g/mol. The van der Waals surface area contributed by atoms with Crippen molar-refractivity contribution in [2.24, 2.45) is 22.9 Å². The molecule has 0 aliphatic heterocycles. The fourth-order valence-electron chi connectivity index (χ4n) is 3.16. The molecular weight excluding hydrogens is 475 g/mol. The fraction of sp³-hybridized carbons (Fsp3) is 0.455. The quantitative estimate of drug-likeness (QED) is 0.110. The summed E-state index contributed by atoms with van der Waals surface area (Å²) in [4.78, 5) is 0. The first-order valence-corrected chi connectivity index (χ1v) is 12.1.